The van der Waals surface area contributed by atoms with E-state index in [0.717, 1.165) is 6.42 Å². The first kappa shape index (κ1) is 7.63. The lowest BCUT2D eigenvalue weighted by Gasteiger charge is -2.00. The van der Waals surface area contributed by atoms with E-state index in [0.29, 0.717) is 6.42 Å². The number of aliphatic hydroxyl groups is 1. The van der Waals surface area contributed by atoms with Gasteiger partial charge in [-0.2, -0.15) is 0 Å². The van der Waals surface area contributed by atoms with Gasteiger partial charge in [0.1, 0.15) is 0 Å². The summed E-state index contributed by atoms with van der Waals surface area (Å²) in [7, 11) is 0. The van der Waals surface area contributed by atoms with Gasteiger partial charge in [-0.05, 0) is 6.42 Å². The molecule has 1 N–H and O–H groups in total. The molecule has 2 heteroatoms. The Bertz CT molecular complexity index is 61.5. The molecule has 1 radical (unpaired) electrons. The molecule has 2 nitrogen and oxygen atoms in total. The highest BCUT2D eigenvalue weighted by Gasteiger charge is 1.99. The van der Waals surface area contributed by atoms with E-state index in [9.17, 15) is 4.79 Å². The molecule has 1 atom stereocenters. The number of hydrogen-bond donors (Lipinski definition) is 1. The number of hydrogen-bond acceptors (Lipinski definition) is 2. The van der Waals surface area contributed by atoms with Crippen LogP contribution in [0.2, 0.25) is 0 Å². The molecule has 8 heavy (non-hydrogen) atoms. The van der Waals surface area contributed by atoms with Crippen LogP contribution in [0, 0.1) is 0 Å². The normalized spacial score (nSPS) is 13.2. The van der Waals surface area contributed by atoms with Gasteiger partial charge in [-0.1, -0.05) is 13.3 Å². The molecule has 0 heterocycles. The molecule has 0 rings (SSSR count). The summed E-state index contributed by atoms with van der Waals surface area (Å²) >= 11 is 0. The third-order valence-corrected chi connectivity index (χ3v) is 0.941. The molecule has 0 aliphatic carbocycles. The Hall–Kier alpha value is -0.370. The van der Waals surface area contributed by atoms with Crippen LogP contribution < -0.4 is 0 Å². The summed E-state index contributed by atoms with van der Waals surface area (Å²) in [6.45, 7) is 1.97. The molecular formula is C6H11O2. The monoisotopic (exact) mass is 115 g/mol. The number of rotatable bonds is 4. The van der Waals surface area contributed by atoms with Crippen LogP contribution in [0.4, 0.5) is 0 Å². The van der Waals surface area contributed by atoms with Crippen LogP contribution in [-0.4, -0.2) is 17.5 Å². The maximum absolute atomic E-state index is 9.61. The molecule has 47 valence electrons. The van der Waals surface area contributed by atoms with Gasteiger partial charge in [-0.3, -0.25) is 4.79 Å². The van der Waals surface area contributed by atoms with Gasteiger partial charge in [-0.25, -0.2) is 0 Å². The lowest BCUT2D eigenvalue weighted by molar-refractivity contribution is 0.170. The van der Waals surface area contributed by atoms with E-state index in [4.69, 9.17) is 5.11 Å². The summed E-state index contributed by atoms with van der Waals surface area (Å²) in [5.41, 5.74) is 0. The fourth-order valence-corrected chi connectivity index (χ4v) is 0.531. The summed E-state index contributed by atoms with van der Waals surface area (Å²) in [5, 5.41) is 8.79. The molecule has 0 amide bonds. The maximum atomic E-state index is 9.61. The highest BCUT2D eigenvalue weighted by Crippen LogP contribution is 1.97. The summed E-state index contributed by atoms with van der Waals surface area (Å²) in [6.07, 6.45) is 2.98. The van der Waals surface area contributed by atoms with Crippen LogP contribution in [0.5, 0.6) is 0 Å². The molecule has 1 unspecified atom stereocenters. The van der Waals surface area contributed by atoms with Gasteiger partial charge in [0.15, 0.2) is 0 Å². The van der Waals surface area contributed by atoms with Crippen molar-refractivity contribution < 1.29 is 9.90 Å². The van der Waals surface area contributed by atoms with E-state index in [-0.39, 0.29) is 6.42 Å². The van der Waals surface area contributed by atoms with Crippen molar-refractivity contribution in [3.63, 3.8) is 0 Å². The lowest BCUT2D eigenvalue weighted by Crippen LogP contribution is -2.05. The zero-order valence-electron chi connectivity index (χ0n) is 5.05. The maximum Gasteiger partial charge on any atom is 0.201 e. The van der Waals surface area contributed by atoms with Crippen molar-refractivity contribution in [1.29, 1.82) is 0 Å². The van der Waals surface area contributed by atoms with Crippen molar-refractivity contribution >= 4 is 6.29 Å². The zero-order chi connectivity index (χ0) is 6.41. The average Bonchev–Trinajstić information content (AvgIpc) is 1.68. The smallest absolute Gasteiger partial charge is 0.201 e. The summed E-state index contributed by atoms with van der Waals surface area (Å²) in [4.78, 5) is 9.61. The van der Waals surface area contributed by atoms with Crippen LogP contribution >= 0.6 is 0 Å². The largest absolute Gasteiger partial charge is 0.393 e. The van der Waals surface area contributed by atoms with Crippen molar-refractivity contribution in [3.05, 3.63) is 0 Å². The standard InChI is InChI=1S/C6H11O2/c1-2-3-6(8)4-5-7/h6,8H,2-4H2,1H3. The van der Waals surface area contributed by atoms with Crippen molar-refractivity contribution in [2.24, 2.45) is 0 Å². The highest BCUT2D eigenvalue weighted by atomic mass is 16.3. The van der Waals surface area contributed by atoms with Gasteiger partial charge in [0.05, 0.1) is 6.10 Å². The molecular weight excluding hydrogens is 104 g/mol. The van der Waals surface area contributed by atoms with Crippen molar-refractivity contribution in [2.75, 3.05) is 0 Å². The van der Waals surface area contributed by atoms with Crippen molar-refractivity contribution in [2.45, 2.75) is 32.3 Å². The molecule has 0 aromatic carbocycles. The Morgan fingerprint density at radius 3 is 2.75 bits per heavy atom. The van der Waals surface area contributed by atoms with Gasteiger partial charge in [0.25, 0.3) is 0 Å². The quantitative estimate of drug-likeness (QED) is 0.584. The highest BCUT2D eigenvalue weighted by molar-refractivity contribution is 5.50. The fraction of sp³-hybridized carbons (Fsp3) is 0.833. The summed E-state index contributed by atoms with van der Waals surface area (Å²) in [6, 6.07) is 0. The predicted molar refractivity (Wildman–Crippen MR) is 31.2 cm³/mol. The third-order valence-electron chi connectivity index (χ3n) is 0.941. The van der Waals surface area contributed by atoms with Crippen molar-refractivity contribution in [3.8, 4) is 0 Å². The second-order valence-electron chi connectivity index (χ2n) is 1.79. The van der Waals surface area contributed by atoms with E-state index < -0.39 is 6.10 Å². The molecule has 0 aromatic rings. The molecule has 0 saturated carbocycles. The molecule has 0 spiro atoms. The minimum atomic E-state index is -0.461. The van der Waals surface area contributed by atoms with Gasteiger partial charge >= 0.3 is 0 Å². The SMILES string of the molecule is CCCC(O)C[C]=O. The topological polar surface area (TPSA) is 37.3 Å². The minimum Gasteiger partial charge on any atom is -0.393 e. The Morgan fingerprint density at radius 2 is 2.38 bits per heavy atom. The molecule has 0 bridgehead atoms. The van der Waals surface area contributed by atoms with Crippen LogP contribution in [0.1, 0.15) is 26.2 Å². The Labute approximate surface area is 49.5 Å². The van der Waals surface area contributed by atoms with Gasteiger partial charge < -0.3 is 5.11 Å². The van der Waals surface area contributed by atoms with E-state index >= 15 is 0 Å². The van der Waals surface area contributed by atoms with Crippen LogP contribution in [0.25, 0.3) is 0 Å². The van der Waals surface area contributed by atoms with Crippen LogP contribution in [0.15, 0.2) is 0 Å². The van der Waals surface area contributed by atoms with Gasteiger partial charge in [0, 0.05) is 6.42 Å². The van der Waals surface area contributed by atoms with E-state index in [1.807, 2.05) is 6.92 Å². The summed E-state index contributed by atoms with van der Waals surface area (Å²) < 4.78 is 0. The number of aliphatic hydroxyl groups excluding tert-OH is 1. The first-order valence-corrected chi connectivity index (χ1v) is 2.84. The van der Waals surface area contributed by atoms with Gasteiger partial charge in [-0.15, -0.1) is 0 Å². The van der Waals surface area contributed by atoms with Crippen LogP contribution in [0.3, 0.4) is 0 Å². The molecule has 0 fully saturated rings. The fourth-order valence-electron chi connectivity index (χ4n) is 0.531. The average molecular weight is 115 g/mol. The van der Waals surface area contributed by atoms with E-state index in [1.165, 1.54) is 0 Å². The number of carbonyl (C=O) groups excluding carboxylic acids is 1. The first-order chi connectivity index (χ1) is 3.81. The lowest BCUT2D eigenvalue weighted by atomic mass is 10.2. The van der Waals surface area contributed by atoms with E-state index in [2.05, 4.69) is 0 Å². The second kappa shape index (κ2) is 4.78. The van der Waals surface area contributed by atoms with Gasteiger partial charge in [0.2, 0.25) is 6.29 Å². The molecule has 0 aliphatic rings. The first-order valence-electron chi connectivity index (χ1n) is 2.84. The molecule has 0 saturated heterocycles. The second-order valence-corrected chi connectivity index (χ2v) is 1.79. The Morgan fingerprint density at radius 1 is 1.75 bits per heavy atom. The zero-order valence-corrected chi connectivity index (χ0v) is 5.05. The van der Waals surface area contributed by atoms with E-state index in [1.54, 1.807) is 6.29 Å². The minimum absolute atomic E-state index is 0.161. The van der Waals surface area contributed by atoms with Crippen LogP contribution in [-0.2, 0) is 4.79 Å². The molecule has 0 aromatic heterocycles. The Balaban J connectivity index is 3.03. The predicted octanol–water partition coefficient (Wildman–Crippen LogP) is 0.647. The third kappa shape index (κ3) is 3.81. The summed E-state index contributed by atoms with van der Waals surface area (Å²) in [5.74, 6) is 0. The molecule has 0 aliphatic heterocycles. The Kier molecular flexibility index (Phi) is 4.56. The van der Waals surface area contributed by atoms with Crippen molar-refractivity contribution in [1.82, 2.24) is 0 Å².